The number of hydrogen-bond donors (Lipinski definition) is 1. The van der Waals surface area contributed by atoms with Crippen molar-refractivity contribution in [1.29, 1.82) is 0 Å². The lowest BCUT2D eigenvalue weighted by Crippen LogP contribution is -2.46. The van der Waals surface area contributed by atoms with Crippen LogP contribution in [0.15, 0.2) is 54.6 Å². The van der Waals surface area contributed by atoms with Crippen LogP contribution in [0.1, 0.15) is 38.3 Å². The second-order valence-electron chi connectivity index (χ2n) is 8.90. The molecule has 0 bridgehead atoms. The number of carbonyl (C=O) groups excluding carboxylic acids is 2. The van der Waals surface area contributed by atoms with Crippen molar-refractivity contribution in [2.24, 2.45) is 5.92 Å². The van der Waals surface area contributed by atoms with Crippen LogP contribution in [0.25, 0.3) is 0 Å². The number of amides is 1. The molecule has 31 heavy (non-hydrogen) atoms. The third kappa shape index (κ3) is 6.74. The van der Waals surface area contributed by atoms with E-state index in [-0.39, 0.29) is 17.9 Å². The monoisotopic (exact) mass is 425 g/mol. The van der Waals surface area contributed by atoms with Crippen LogP contribution in [-0.2, 0) is 27.1 Å². The summed E-state index contributed by atoms with van der Waals surface area (Å²) in [4.78, 5) is 25.0. The van der Waals surface area contributed by atoms with Gasteiger partial charge in [-0.2, -0.15) is 0 Å². The first-order valence-electron chi connectivity index (χ1n) is 10.6. The number of methoxy groups -OCH3 is 1. The minimum absolute atomic E-state index is 0.232. The number of hydrogen-bond acceptors (Lipinski definition) is 5. The van der Waals surface area contributed by atoms with Gasteiger partial charge in [0.05, 0.1) is 19.1 Å². The molecule has 1 N–H and O–H groups in total. The first-order chi connectivity index (χ1) is 14.7. The molecule has 3 atom stereocenters. The highest BCUT2D eigenvalue weighted by Gasteiger charge is 2.40. The number of benzene rings is 2. The van der Waals surface area contributed by atoms with Crippen molar-refractivity contribution in [3.05, 3.63) is 65.7 Å². The maximum absolute atomic E-state index is 12.6. The Balaban J connectivity index is 1.70. The normalized spacial score (nSPS) is 19.4. The molecule has 1 aliphatic rings. The van der Waals surface area contributed by atoms with Gasteiger partial charge in [0.1, 0.15) is 17.5 Å². The molecular formula is C25H31NO5. The lowest BCUT2D eigenvalue weighted by molar-refractivity contribution is -0.145. The van der Waals surface area contributed by atoms with Gasteiger partial charge in [0, 0.05) is 6.42 Å². The minimum atomic E-state index is -0.607. The molecule has 166 valence electrons. The first kappa shape index (κ1) is 22.7. The molecule has 0 aromatic heterocycles. The molecule has 0 aliphatic carbocycles. The summed E-state index contributed by atoms with van der Waals surface area (Å²) < 4.78 is 16.3. The van der Waals surface area contributed by atoms with Gasteiger partial charge in [0.25, 0.3) is 0 Å². The summed E-state index contributed by atoms with van der Waals surface area (Å²) in [5.41, 5.74) is 1.49. The number of rotatable bonds is 7. The number of nitrogens with one attached hydrogen (secondary N) is 1. The molecule has 1 heterocycles. The lowest BCUT2D eigenvalue weighted by atomic mass is 9.92. The third-order valence-corrected chi connectivity index (χ3v) is 5.21. The highest BCUT2D eigenvalue weighted by atomic mass is 16.6. The molecule has 0 spiro atoms. The van der Waals surface area contributed by atoms with E-state index in [9.17, 15) is 9.59 Å². The van der Waals surface area contributed by atoms with E-state index in [1.807, 2.05) is 75.4 Å². The van der Waals surface area contributed by atoms with Crippen molar-refractivity contribution in [2.75, 3.05) is 7.11 Å². The second kappa shape index (κ2) is 9.86. The van der Waals surface area contributed by atoms with E-state index < -0.39 is 17.8 Å². The van der Waals surface area contributed by atoms with Crippen LogP contribution in [0.5, 0.6) is 5.75 Å². The van der Waals surface area contributed by atoms with E-state index in [2.05, 4.69) is 5.32 Å². The highest BCUT2D eigenvalue weighted by Crippen LogP contribution is 2.29. The predicted octanol–water partition coefficient (Wildman–Crippen LogP) is 4.31. The van der Waals surface area contributed by atoms with Crippen molar-refractivity contribution in [2.45, 2.75) is 57.8 Å². The molecule has 0 radical (unpaired) electrons. The van der Waals surface area contributed by atoms with E-state index in [1.165, 1.54) is 0 Å². The predicted molar refractivity (Wildman–Crippen MR) is 118 cm³/mol. The third-order valence-electron chi connectivity index (χ3n) is 5.21. The minimum Gasteiger partial charge on any atom is -0.497 e. The van der Waals surface area contributed by atoms with Gasteiger partial charge in [0.15, 0.2) is 0 Å². The van der Waals surface area contributed by atoms with Crippen LogP contribution < -0.4 is 10.1 Å². The van der Waals surface area contributed by atoms with Gasteiger partial charge in [-0.05, 0) is 56.9 Å². The summed E-state index contributed by atoms with van der Waals surface area (Å²) in [5, 5.41) is 2.93. The Morgan fingerprint density at radius 2 is 1.77 bits per heavy atom. The quantitative estimate of drug-likeness (QED) is 0.670. The van der Waals surface area contributed by atoms with Crippen LogP contribution in [-0.4, -0.2) is 36.9 Å². The zero-order valence-electron chi connectivity index (χ0n) is 18.6. The lowest BCUT2D eigenvalue weighted by Gasteiger charge is -2.26. The number of esters is 1. The Morgan fingerprint density at radius 3 is 2.39 bits per heavy atom. The molecule has 6 heteroatoms. The van der Waals surface area contributed by atoms with Gasteiger partial charge in [-0.15, -0.1) is 0 Å². The Bertz CT molecular complexity index is 873. The van der Waals surface area contributed by atoms with Crippen molar-refractivity contribution >= 4 is 12.1 Å². The summed E-state index contributed by atoms with van der Waals surface area (Å²) in [7, 11) is 1.62. The SMILES string of the molecule is COc1ccc(C[C@@H]2C[C@@H]([C@H](Cc3ccccc3)NC(=O)OC(C)(C)C)OC2=O)cc1. The largest absolute Gasteiger partial charge is 0.497 e. The average molecular weight is 426 g/mol. The molecular weight excluding hydrogens is 394 g/mol. The summed E-state index contributed by atoms with van der Waals surface area (Å²) in [6.45, 7) is 5.46. The van der Waals surface area contributed by atoms with Gasteiger partial charge in [0.2, 0.25) is 0 Å². The number of cyclic esters (lactones) is 1. The Hall–Kier alpha value is -3.02. The van der Waals surface area contributed by atoms with Crippen LogP contribution in [0.2, 0.25) is 0 Å². The Kier molecular flexibility index (Phi) is 7.21. The fourth-order valence-corrected chi connectivity index (χ4v) is 3.73. The summed E-state index contributed by atoms with van der Waals surface area (Å²) in [5.74, 6) is 0.294. The molecule has 1 aliphatic heterocycles. The molecule has 3 rings (SSSR count). The zero-order chi connectivity index (χ0) is 22.4. The molecule has 0 unspecified atom stereocenters. The first-order valence-corrected chi connectivity index (χ1v) is 10.6. The molecule has 2 aromatic carbocycles. The van der Waals surface area contributed by atoms with Gasteiger partial charge in [-0.25, -0.2) is 4.79 Å². The fraction of sp³-hybridized carbons (Fsp3) is 0.440. The van der Waals surface area contributed by atoms with Gasteiger partial charge >= 0.3 is 12.1 Å². The fourth-order valence-electron chi connectivity index (χ4n) is 3.73. The molecule has 0 saturated carbocycles. The number of ether oxygens (including phenoxy) is 3. The van der Waals surface area contributed by atoms with Crippen molar-refractivity contribution in [1.82, 2.24) is 5.32 Å². The maximum atomic E-state index is 12.6. The smallest absolute Gasteiger partial charge is 0.408 e. The van der Waals surface area contributed by atoms with Crippen molar-refractivity contribution < 1.29 is 23.8 Å². The second-order valence-corrected chi connectivity index (χ2v) is 8.90. The Morgan fingerprint density at radius 1 is 1.10 bits per heavy atom. The van der Waals surface area contributed by atoms with Gasteiger partial charge in [-0.1, -0.05) is 42.5 Å². The van der Waals surface area contributed by atoms with Gasteiger partial charge < -0.3 is 19.5 Å². The zero-order valence-corrected chi connectivity index (χ0v) is 18.6. The van der Waals surface area contributed by atoms with E-state index in [4.69, 9.17) is 14.2 Å². The molecule has 1 saturated heterocycles. The maximum Gasteiger partial charge on any atom is 0.408 e. The van der Waals surface area contributed by atoms with E-state index >= 15 is 0 Å². The molecule has 6 nitrogen and oxygen atoms in total. The van der Waals surface area contributed by atoms with Crippen LogP contribution in [0, 0.1) is 5.92 Å². The van der Waals surface area contributed by atoms with Crippen molar-refractivity contribution in [3.8, 4) is 5.75 Å². The van der Waals surface area contributed by atoms with Gasteiger partial charge in [-0.3, -0.25) is 4.79 Å². The standard InChI is InChI=1S/C25H31NO5/c1-25(2,3)31-24(28)26-21(15-17-8-6-5-7-9-17)22-16-19(23(27)30-22)14-18-10-12-20(29-4)13-11-18/h5-13,19,21-22H,14-16H2,1-4H3,(H,26,28)/t19-,21+,22+/m1/s1. The van der Waals surface area contributed by atoms with Crippen LogP contribution in [0.4, 0.5) is 4.79 Å². The highest BCUT2D eigenvalue weighted by molar-refractivity contribution is 5.75. The molecule has 1 amide bonds. The summed E-state index contributed by atoms with van der Waals surface area (Å²) in [6.07, 6.45) is 0.751. The van der Waals surface area contributed by atoms with E-state index in [0.717, 1.165) is 16.9 Å². The van der Waals surface area contributed by atoms with E-state index in [1.54, 1.807) is 7.11 Å². The van der Waals surface area contributed by atoms with Crippen LogP contribution >= 0.6 is 0 Å². The number of carbonyl (C=O) groups is 2. The summed E-state index contributed by atoms with van der Waals surface area (Å²) >= 11 is 0. The summed E-state index contributed by atoms with van der Waals surface area (Å²) in [6, 6.07) is 17.2. The molecule has 1 fully saturated rings. The van der Waals surface area contributed by atoms with Crippen molar-refractivity contribution in [3.63, 3.8) is 0 Å². The average Bonchev–Trinajstić information content (AvgIpc) is 3.08. The number of alkyl carbamates (subject to hydrolysis) is 1. The van der Waals surface area contributed by atoms with Crippen LogP contribution in [0.3, 0.4) is 0 Å². The molecule has 2 aromatic rings. The van der Waals surface area contributed by atoms with E-state index in [0.29, 0.717) is 19.3 Å². The Labute approximate surface area is 183 Å². The topological polar surface area (TPSA) is 73.9 Å².